The van der Waals surface area contributed by atoms with Crippen LogP contribution in [0.2, 0.25) is 0 Å². The SMILES string of the molecule is CCNC(=NCCc1ccc2c(c1)CCO2)NC1C2CCOC2C1(C)C. The van der Waals surface area contributed by atoms with Gasteiger partial charge in [0.15, 0.2) is 5.96 Å². The molecule has 1 aromatic rings. The highest BCUT2D eigenvalue weighted by Gasteiger charge is 2.59. The molecule has 0 amide bonds. The summed E-state index contributed by atoms with van der Waals surface area (Å²) in [6, 6.07) is 6.97. The van der Waals surface area contributed by atoms with Crippen molar-refractivity contribution in [3.8, 4) is 5.75 Å². The van der Waals surface area contributed by atoms with Gasteiger partial charge in [0.05, 0.1) is 12.7 Å². The van der Waals surface area contributed by atoms with E-state index in [1.807, 2.05) is 0 Å². The molecule has 4 rings (SSSR count). The molecule has 1 saturated heterocycles. The number of rotatable bonds is 5. The molecule has 5 heteroatoms. The summed E-state index contributed by atoms with van der Waals surface area (Å²) in [4.78, 5) is 4.83. The van der Waals surface area contributed by atoms with E-state index >= 15 is 0 Å². The average molecular weight is 357 g/mol. The van der Waals surface area contributed by atoms with Gasteiger partial charge < -0.3 is 20.1 Å². The van der Waals surface area contributed by atoms with E-state index in [9.17, 15) is 0 Å². The topological polar surface area (TPSA) is 54.9 Å². The van der Waals surface area contributed by atoms with Crippen LogP contribution in [0.4, 0.5) is 0 Å². The molecule has 0 bridgehead atoms. The number of nitrogens with zero attached hydrogens (tertiary/aromatic N) is 1. The van der Waals surface area contributed by atoms with Crippen LogP contribution in [0.25, 0.3) is 0 Å². The van der Waals surface area contributed by atoms with Crippen LogP contribution in [0, 0.1) is 11.3 Å². The van der Waals surface area contributed by atoms with Crippen LogP contribution in [-0.2, 0) is 17.6 Å². The summed E-state index contributed by atoms with van der Waals surface area (Å²) in [6.45, 7) is 10.1. The van der Waals surface area contributed by atoms with E-state index in [4.69, 9.17) is 14.5 Å². The van der Waals surface area contributed by atoms with Gasteiger partial charge in [-0.05, 0) is 37.0 Å². The molecule has 26 heavy (non-hydrogen) atoms. The van der Waals surface area contributed by atoms with Crippen LogP contribution >= 0.6 is 0 Å². The Kier molecular flexibility index (Phi) is 4.82. The second kappa shape index (κ2) is 7.10. The van der Waals surface area contributed by atoms with Crippen molar-refractivity contribution in [1.29, 1.82) is 0 Å². The minimum Gasteiger partial charge on any atom is -0.493 e. The van der Waals surface area contributed by atoms with Crippen LogP contribution in [-0.4, -0.2) is 44.4 Å². The normalized spacial score (nSPS) is 28.7. The van der Waals surface area contributed by atoms with Crippen LogP contribution in [0.15, 0.2) is 23.2 Å². The lowest BCUT2D eigenvalue weighted by atomic mass is 9.57. The summed E-state index contributed by atoms with van der Waals surface area (Å²) in [6.07, 6.45) is 3.53. The third-order valence-electron chi connectivity index (χ3n) is 6.16. The largest absolute Gasteiger partial charge is 0.493 e. The number of hydrogen-bond donors (Lipinski definition) is 2. The first-order chi connectivity index (χ1) is 12.6. The first kappa shape index (κ1) is 17.7. The van der Waals surface area contributed by atoms with Crippen molar-refractivity contribution in [2.75, 3.05) is 26.3 Å². The molecule has 2 fully saturated rings. The minimum atomic E-state index is 0.164. The molecule has 3 atom stereocenters. The number of ether oxygens (including phenoxy) is 2. The monoisotopic (exact) mass is 357 g/mol. The first-order valence-corrected chi connectivity index (χ1v) is 10.0. The van der Waals surface area contributed by atoms with Gasteiger partial charge >= 0.3 is 0 Å². The van der Waals surface area contributed by atoms with Crippen molar-refractivity contribution in [2.45, 2.75) is 52.2 Å². The van der Waals surface area contributed by atoms with Crippen molar-refractivity contribution >= 4 is 5.96 Å². The van der Waals surface area contributed by atoms with Crippen molar-refractivity contribution in [3.05, 3.63) is 29.3 Å². The summed E-state index contributed by atoms with van der Waals surface area (Å²) in [5.74, 6) is 2.60. The highest BCUT2D eigenvalue weighted by atomic mass is 16.5. The number of guanidine groups is 1. The zero-order valence-corrected chi connectivity index (χ0v) is 16.2. The van der Waals surface area contributed by atoms with Gasteiger partial charge in [-0.2, -0.15) is 0 Å². The molecular weight excluding hydrogens is 326 g/mol. The van der Waals surface area contributed by atoms with Crippen LogP contribution in [0.5, 0.6) is 5.75 Å². The van der Waals surface area contributed by atoms with Crippen molar-refractivity contribution in [1.82, 2.24) is 10.6 Å². The highest BCUT2D eigenvalue weighted by Crippen LogP contribution is 2.52. The molecule has 142 valence electrons. The van der Waals surface area contributed by atoms with Gasteiger partial charge in [0, 0.05) is 43.5 Å². The predicted molar refractivity (Wildman–Crippen MR) is 104 cm³/mol. The molecule has 2 heterocycles. The zero-order valence-electron chi connectivity index (χ0n) is 16.2. The molecule has 3 aliphatic rings. The number of nitrogens with one attached hydrogen (secondary N) is 2. The average Bonchev–Trinajstić information content (AvgIpc) is 3.27. The third-order valence-corrected chi connectivity index (χ3v) is 6.16. The lowest BCUT2D eigenvalue weighted by molar-refractivity contribution is -0.106. The fourth-order valence-electron chi connectivity index (χ4n) is 4.78. The van der Waals surface area contributed by atoms with E-state index in [1.165, 1.54) is 11.1 Å². The Labute approximate surface area is 156 Å². The quantitative estimate of drug-likeness (QED) is 0.628. The number of aliphatic imine (C=N–C) groups is 1. The Hall–Kier alpha value is -1.75. The molecule has 0 radical (unpaired) electrons. The van der Waals surface area contributed by atoms with Crippen molar-refractivity contribution in [3.63, 3.8) is 0 Å². The maximum atomic E-state index is 5.90. The third kappa shape index (κ3) is 3.18. The smallest absolute Gasteiger partial charge is 0.191 e. The van der Waals surface area contributed by atoms with E-state index in [1.54, 1.807) is 0 Å². The van der Waals surface area contributed by atoms with E-state index in [-0.39, 0.29) is 5.41 Å². The number of benzene rings is 1. The molecule has 2 N–H and O–H groups in total. The predicted octanol–water partition coefficient (Wildman–Crippen LogP) is 2.53. The summed E-state index contributed by atoms with van der Waals surface area (Å²) in [7, 11) is 0. The molecule has 0 aromatic heterocycles. The Morgan fingerprint density at radius 2 is 2.19 bits per heavy atom. The fourth-order valence-corrected chi connectivity index (χ4v) is 4.78. The molecule has 5 nitrogen and oxygen atoms in total. The van der Waals surface area contributed by atoms with Gasteiger partial charge in [-0.25, -0.2) is 0 Å². The lowest BCUT2D eigenvalue weighted by Gasteiger charge is -2.54. The number of fused-ring (bicyclic) bond motifs is 2. The van der Waals surface area contributed by atoms with E-state index in [2.05, 4.69) is 49.6 Å². The Bertz CT molecular complexity index is 686. The lowest BCUT2D eigenvalue weighted by Crippen LogP contribution is -2.68. The summed E-state index contributed by atoms with van der Waals surface area (Å²) in [5, 5.41) is 7.09. The van der Waals surface area contributed by atoms with Crippen LogP contribution in [0.1, 0.15) is 38.3 Å². The zero-order chi connectivity index (χ0) is 18.1. The molecule has 3 unspecified atom stereocenters. The Balaban J connectivity index is 1.37. The van der Waals surface area contributed by atoms with E-state index in [0.29, 0.717) is 18.1 Å². The van der Waals surface area contributed by atoms with Crippen molar-refractivity contribution in [2.24, 2.45) is 16.3 Å². The Morgan fingerprint density at radius 1 is 1.31 bits per heavy atom. The Morgan fingerprint density at radius 3 is 3.04 bits per heavy atom. The molecular formula is C21H31N3O2. The van der Waals surface area contributed by atoms with Gasteiger partial charge in [0.25, 0.3) is 0 Å². The summed E-state index contributed by atoms with van der Waals surface area (Å²) >= 11 is 0. The van der Waals surface area contributed by atoms with Crippen LogP contribution in [0.3, 0.4) is 0 Å². The van der Waals surface area contributed by atoms with Gasteiger partial charge in [0.1, 0.15) is 5.75 Å². The second-order valence-corrected chi connectivity index (χ2v) is 8.24. The standard InChI is InChI=1S/C21H31N3O2/c1-4-22-20(24-18-16-9-12-26-19(16)21(18,2)3)23-10-7-14-5-6-17-15(13-14)8-11-25-17/h5-6,13,16,18-19H,4,7-12H2,1-3H3,(H2,22,23,24). The molecule has 1 saturated carbocycles. The van der Waals surface area contributed by atoms with Crippen molar-refractivity contribution < 1.29 is 9.47 Å². The summed E-state index contributed by atoms with van der Waals surface area (Å²) < 4.78 is 11.5. The maximum absolute atomic E-state index is 5.90. The number of hydrogen-bond acceptors (Lipinski definition) is 3. The highest BCUT2D eigenvalue weighted by molar-refractivity contribution is 5.80. The molecule has 2 aliphatic heterocycles. The molecule has 1 aromatic carbocycles. The molecule has 0 spiro atoms. The van der Waals surface area contributed by atoms with E-state index in [0.717, 1.165) is 57.3 Å². The van der Waals surface area contributed by atoms with Crippen LogP contribution < -0.4 is 15.4 Å². The maximum Gasteiger partial charge on any atom is 0.191 e. The van der Waals surface area contributed by atoms with Gasteiger partial charge in [-0.1, -0.05) is 26.0 Å². The van der Waals surface area contributed by atoms with E-state index < -0.39 is 0 Å². The second-order valence-electron chi connectivity index (χ2n) is 8.24. The fraction of sp³-hybridized carbons (Fsp3) is 0.667. The van der Waals surface area contributed by atoms with Gasteiger partial charge in [0.2, 0.25) is 0 Å². The van der Waals surface area contributed by atoms with Gasteiger partial charge in [-0.3, -0.25) is 4.99 Å². The van der Waals surface area contributed by atoms with Gasteiger partial charge in [-0.15, -0.1) is 0 Å². The molecule has 1 aliphatic carbocycles. The summed E-state index contributed by atoms with van der Waals surface area (Å²) in [5.41, 5.74) is 2.83. The minimum absolute atomic E-state index is 0.164. The first-order valence-electron chi connectivity index (χ1n) is 10.0.